The van der Waals surface area contributed by atoms with Gasteiger partial charge in [0.1, 0.15) is 12.6 Å². The molecule has 0 radical (unpaired) electrons. The van der Waals surface area contributed by atoms with Crippen molar-refractivity contribution in [1.29, 1.82) is 0 Å². The van der Waals surface area contributed by atoms with Gasteiger partial charge in [-0.15, -0.1) is 6.58 Å². The van der Waals surface area contributed by atoms with Crippen LogP contribution in [0.5, 0.6) is 0 Å². The molecule has 3 heteroatoms. The van der Waals surface area contributed by atoms with Crippen molar-refractivity contribution in [3.05, 3.63) is 12.7 Å². The van der Waals surface area contributed by atoms with Crippen molar-refractivity contribution >= 4 is 5.78 Å². The average Bonchev–Trinajstić information content (AvgIpc) is 2.74. The molecule has 0 spiro atoms. The summed E-state index contributed by atoms with van der Waals surface area (Å²) in [4.78, 5) is 13.1. The third kappa shape index (κ3) is 2.58. The second-order valence-electron chi connectivity index (χ2n) is 6.67. The fourth-order valence-electron chi connectivity index (χ4n) is 4.46. The van der Waals surface area contributed by atoms with Crippen LogP contribution >= 0.6 is 0 Å². The number of hydrogen-bond acceptors (Lipinski definition) is 3. The first-order valence-electron chi connectivity index (χ1n) is 7.81. The van der Waals surface area contributed by atoms with E-state index < -0.39 is 0 Å². The van der Waals surface area contributed by atoms with Crippen molar-refractivity contribution in [3.8, 4) is 0 Å². The van der Waals surface area contributed by atoms with Crippen LogP contribution in [0.15, 0.2) is 12.7 Å². The van der Waals surface area contributed by atoms with E-state index in [4.69, 9.17) is 9.47 Å². The van der Waals surface area contributed by atoms with E-state index in [-0.39, 0.29) is 24.2 Å². The highest BCUT2D eigenvalue weighted by atomic mass is 16.7. The number of carbonyl (C=O) groups is 1. The molecular weight excluding hydrogens is 252 g/mol. The quantitative estimate of drug-likeness (QED) is 0.570. The minimum Gasteiger partial charge on any atom is -0.359 e. The molecule has 0 aromatic carbocycles. The molecule has 0 aromatic rings. The summed E-state index contributed by atoms with van der Waals surface area (Å²) in [6.45, 7) is 8.52. The van der Waals surface area contributed by atoms with Crippen molar-refractivity contribution in [2.45, 2.75) is 52.1 Å². The van der Waals surface area contributed by atoms with Gasteiger partial charge in [-0.1, -0.05) is 13.0 Å². The summed E-state index contributed by atoms with van der Waals surface area (Å²) in [7, 11) is 1.63. The molecule has 0 N–H and O–H groups in total. The smallest absolute Gasteiger partial charge is 0.146 e. The molecule has 3 nitrogen and oxygen atoms in total. The van der Waals surface area contributed by atoms with Gasteiger partial charge in [-0.05, 0) is 50.9 Å². The lowest BCUT2D eigenvalue weighted by molar-refractivity contribution is -0.152. The molecular formula is C17H28O3. The second kappa shape index (κ2) is 6.40. The molecule has 2 rings (SSSR count). The lowest BCUT2D eigenvalue weighted by Crippen LogP contribution is -2.45. The van der Waals surface area contributed by atoms with E-state index >= 15 is 0 Å². The Morgan fingerprint density at radius 1 is 1.35 bits per heavy atom. The van der Waals surface area contributed by atoms with E-state index in [2.05, 4.69) is 20.4 Å². The van der Waals surface area contributed by atoms with Gasteiger partial charge in [-0.2, -0.15) is 0 Å². The maximum Gasteiger partial charge on any atom is 0.146 e. The number of rotatable bonds is 5. The minimum absolute atomic E-state index is 0.00724. The van der Waals surface area contributed by atoms with Gasteiger partial charge in [0, 0.05) is 13.0 Å². The van der Waals surface area contributed by atoms with Gasteiger partial charge in [0.15, 0.2) is 0 Å². The first-order valence-corrected chi connectivity index (χ1v) is 7.81. The molecule has 5 atom stereocenters. The van der Waals surface area contributed by atoms with Crippen LogP contribution in [-0.2, 0) is 14.3 Å². The fraction of sp³-hybridized carbons (Fsp3) is 0.824. The highest BCUT2D eigenvalue weighted by Crippen LogP contribution is 2.53. The molecule has 0 aliphatic heterocycles. The Bertz CT molecular complexity index is 365. The highest BCUT2D eigenvalue weighted by molar-refractivity contribution is 5.88. The van der Waals surface area contributed by atoms with E-state index in [9.17, 15) is 4.79 Å². The van der Waals surface area contributed by atoms with Gasteiger partial charge in [0.2, 0.25) is 0 Å². The number of allylic oxidation sites excluding steroid dienone is 1. The van der Waals surface area contributed by atoms with Gasteiger partial charge >= 0.3 is 0 Å². The lowest BCUT2D eigenvalue weighted by atomic mass is 9.69. The summed E-state index contributed by atoms with van der Waals surface area (Å²) < 4.78 is 10.9. The van der Waals surface area contributed by atoms with Crippen molar-refractivity contribution in [2.24, 2.45) is 23.2 Å². The first kappa shape index (κ1) is 15.7. The van der Waals surface area contributed by atoms with Gasteiger partial charge in [0.25, 0.3) is 0 Å². The maximum absolute atomic E-state index is 13.1. The normalized spacial score (nSPS) is 41.2. The summed E-state index contributed by atoms with van der Waals surface area (Å²) in [6, 6.07) is 0. The maximum atomic E-state index is 13.1. The van der Waals surface area contributed by atoms with Crippen LogP contribution in [0.2, 0.25) is 0 Å². The highest BCUT2D eigenvalue weighted by Gasteiger charge is 2.56. The summed E-state index contributed by atoms with van der Waals surface area (Å²) in [6.07, 6.45) is 6.89. The fourth-order valence-corrected chi connectivity index (χ4v) is 4.46. The zero-order chi connectivity index (χ0) is 14.8. The number of Topliss-reactive ketones (excluding diaryl/α,β-unsaturated/α-hetero) is 1. The molecule has 2 fully saturated rings. The Balaban J connectivity index is 2.27. The molecule has 2 saturated carbocycles. The van der Waals surface area contributed by atoms with Crippen molar-refractivity contribution in [3.63, 3.8) is 0 Å². The zero-order valence-corrected chi connectivity index (χ0v) is 13.1. The molecule has 20 heavy (non-hydrogen) atoms. The summed E-state index contributed by atoms with van der Waals surface area (Å²) in [5, 5.41) is 0. The average molecular weight is 280 g/mol. The SMILES string of the molecule is C=CC[C@@H]1CC[C@H](C)[C@H]2CC[C@H](OCOC)[C@@]2(C)C1=O. The standard InChI is InChI=1S/C17H28O3/c1-5-6-13-8-7-12(2)14-9-10-15(20-11-19-4)17(14,3)16(13)18/h5,12-15H,1,6-11H2,2-4H3/t12-,13+,14+,15-,17-/m0/s1. The second-order valence-corrected chi connectivity index (χ2v) is 6.67. The van der Waals surface area contributed by atoms with Crippen molar-refractivity contribution in [1.82, 2.24) is 0 Å². The molecule has 0 saturated heterocycles. The molecule has 0 heterocycles. The molecule has 114 valence electrons. The predicted molar refractivity (Wildman–Crippen MR) is 79.3 cm³/mol. The Kier molecular flexibility index (Phi) is 5.03. The van der Waals surface area contributed by atoms with E-state index in [0.29, 0.717) is 17.6 Å². The Labute approximate surface area is 122 Å². The third-order valence-corrected chi connectivity index (χ3v) is 5.58. The monoisotopic (exact) mass is 280 g/mol. The molecule has 2 aliphatic carbocycles. The lowest BCUT2D eigenvalue weighted by Gasteiger charge is -2.37. The van der Waals surface area contributed by atoms with Gasteiger partial charge in [-0.3, -0.25) is 4.79 Å². The van der Waals surface area contributed by atoms with Crippen LogP contribution in [-0.4, -0.2) is 25.8 Å². The van der Waals surface area contributed by atoms with Crippen LogP contribution in [0.4, 0.5) is 0 Å². The number of fused-ring (bicyclic) bond motifs is 1. The summed E-state index contributed by atoms with van der Waals surface area (Å²) in [5.74, 6) is 1.56. The summed E-state index contributed by atoms with van der Waals surface area (Å²) in [5.41, 5.74) is -0.345. The third-order valence-electron chi connectivity index (χ3n) is 5.58. The van der Waals surface area contributed by atoms with Crippen LogP contribution < -0.4 is 0 Å². The van der Waals surface area contributed by atoms with Crippen LogP contribution in [0.3, 0.4) is 0 Å². The zero-order valence-electron chi connectivity index (χ0n) is 13.1. The Hall–Kier alpha value is -0.670. The number of ether oxygens (including phenoxy) is 2. The molecule has 0 aromatic heterocycles. The first-order chi connectivity index (χ1) is 9.55. The van der Waals surface area contributed by atoms with Crippen LogP contribution in [0.25, 0.3) is 0 Å². The molecule has 0 bridgehead atoms. The number of methoxy groups -OCH3 is 1. The topological polar surface area (TPSA) is 35.5 Å². The Morgan fingerprint density at radius 3 is 2.75 bits per heavy atom. The number of hydrogen-bond donors (Lipinski definition) is 0. The summed E-state index contributed by atoms with van der Waals surface area (Å²) >= 11 is 0. The predicted octanol–water partition coefficient (Wildman–Crippen LogP) is 3.58. The van der Waals surface area contributed by atoms with E-state index in [0.717, 1.165) is 32.1 Å². The van der Waals surface area contributed by atoms with Gasteiger partial charge in [0.05, 0.1) is 11.5 Å². The van der Waals surface area contributed by atoms with E-state index in [1.807, 2.05) is 6.08 Å². The number of carbonyl (C=O) groups excluding carboxylic acids is 1. The van der Waals surface area contributed by atoms with Crippen molar-refractivity contribution < 1.29 is 14.3 Å². The minimum atomic E-state index is -0.345. The van der Waals surface area contributed by atoms with E-state index in [1.54, 1.807) is 7.11 Å². The molecule has 0 amide bonds. The van der Waals surface area contributed by atoms with Gasteiger partial charge in [-0.25, -0.2) is 0 Å². The van der Waals surface area contributed by atoms with Crippen molar-refractivity contribution in [2.75, 3.05) is 13.9 Å². The van der Waals surface area contributed by atoms with E-state index in [1.165, 1.54) is 0 Å². The van der Waals surface area contributed by atoms with Crippen LogP contribution in [0.1, 0.15) is 46.0 Å². The van der Waals surface area contributed by atoms with Crippen LogP contribution in [0, 0.1) is 23.2 Å². The molecule has 2 aliphatic rings. The van der Waals surface area contributed by atoms with Gasteiger partial charge < -0.3 is 9.47 Å². The largest absolute Gasteiger partial charge is 0.359 e. The number of ketones is 1. The Morgan fingerprint density at radius 2 is 2.10 bits per heavy atom. The molecule has 0 unspecified atom stereocenters.